The lowest BCUT2D eigenvalue weighted by Crippen LogP contribution is -2.51. The Labute approximate surface area is 147 Å². The minimum absolute atomic E-state index is 0.0607. The fourth-order valence-corrected chi connectivity index (χ4v) is 3.54. The fraction of sp³-hybridized carbons (Fsp3) is 0.167. The third-order valence-electron chi connectivity index (χ3n) is 3.87. The highest BCUT2D eigenvalue weighted by atomic mass is 32.2. The summed E-state index contributed by atoms with van der Waals surface area (Å²) in [6, 6.07) is 16.2. The van der Waals surface area contributed by atoms with Crippen molar-refractivity contribution in [3.63, 3.8) is 0 Å². The largest absolute Gasteiger partial charge is 0.441 e. The summed E-state index contributed by atoms with van der Waals surface area (Å²) in [5.74, 6) is -0.514. The topological polar surface area (TPSA) is 72.6 Å². The molecule has 1 atom stereocenters. The van der Waals surface area contributed by atoms with Crippen LogP contribution in [0.3, 0.4) is 0 Å². The molecule has 0 N–H and O–H groups in total. The van der Waals surface area contributed by atoms with Gasteiger partial charge in [-0.1, -0.05) is 30.3 Å². The van der Waals surface area contributed by atoms with E-state index in [-0.39, 0.29) is 18.0 Å². The Bertz CT molecular complexity index is 892. The molecule has 1 amide bonds. The summed E-state index contributed by atoms with van der Waals surface area (Å²) in [5, 5.41) is 0.349. The number of thioether (sulfide) groups is 1. The average Bonchev–Trinajstić information content (AvgIpc) is 3.04. The Balaban J connectivity index is 1.38. The van der Waals surface area contributed by atoms with Gasteiger partial charge in [0.05, 0.1) is 17.4 Å². The number of fused-ring (bicyclic) bond motifs is 1. The Morgan fingerprint density at radius 1 is 1.20 bits per heavy atom. The lowest BCUT2D eigenvalue weighted by Gasteiger charge is -2.38. The first-order chi connectivity index (χ1) is 12.2. The first kappa shape index (κ1) is 15.7. The highest BCUT2D eigenvalue weighted by Gasteiger charge is 2.38. The number of benzene rings is 2. The third-order valence-corrected chi connectivity index (χ3v) is 4.94. The minimum Gasteiger partial charge on any atom is -0.441 e. The Morgan fingerprint density at radius 3 is 2.72 bits per heavy atom. The van der Waals surface area contributed by atoms with Gasteiger partial charge in [0.15, 0.2) is 12.3 Å². The second kappa shape index (κ2) is 6.60. The van der Waals surface area contributed by atoms with Crippen molar-refractivity contribution in [1.29, 1.82) is 0 Å². The second-order valence-electron chi connectivity index (χ2n) is 5.51. The number of β-lactam (4-membered cyclic amide) rings is 1. The normalized spacial score (nSPS) is 16.7. The van der Waals surface area contributed by atoms with Gasteiger partial charge in [-0.25, -0.2) is 9.78 Å². The van der Waals surface area contributed by atoms with Gasteiger partial charge in [0.2, 0.25) is 5.91 Å². The molecule has 7 heteroatoms. The summed E-state index contributed by atoms with van der Waals surface area (Å²) >= 11 is 1.35. The maximum atomic E-state index is 12.0. The van der Waals surface area contributed by atoms with Gasteiger partial charge < -0.3 is 9.15 Å². The third kappa shape index (κ3) is 3.23. The molecule has 1 aliphatic rings. The van der Waals surface area contributed by atoms with Crippen molar-refractivity contribution in [2.45, 2.75) is 17.0 Å². The first-order valence-electron chi connectivity index (χ1n) is 7.74. The van der Waals surface area contributed by atoms with E-state index in [1.807, 2.05) is 30.3 Å². The van der Waals surface area contributed by atoms with Crippen molar-refractivity contribution in [3.8, 4) is 0 Å². The number of likely N-dealkylation sites (tertiary alicyclic amines) is 1. The van der Waals surface area contributed by atoms with Gasteiger partial charge in [-0.15, -0.1) is 0 Å². The number of aromatic nitrogens is 1. The van der Waals surface area contributed by atoms with Gasteiger partial charge in [-0.05, 0) is 36.0 Å². The molecule has 2 heterocycles. The molecule has 0 saturated carbocycles. The molecule has 2 aromatic carbocycles. The van der Waals surface area contributed by atoms with E-state index in [4.69, 9.17) is 9.15 Å². The fourth-order valence-electron chi connectivity index (χ4n) is 2.49. The van der Waals surface area contributed by atoms with Crippen LogP contribution in [0.1, 0.15) is 16.8 Å². The van der Waals surface area contributed by atoms with Gasteiger partial charge in [0, 0.05) is 0 Å². The SMILES string of the molecule is O=C(OCN1C(=O)CC1Sc1nc2ccccc2o1)c1ccccc1. The quantitative estimate of drug-likeness (QED) is 0.517. The van der Waals surface area contributed by atoms with E-state index in [2.05, 4.69) is 4.98 Å². The molecule has 1 aliphatic heterocycles. The summed E-state index contributed by atoms with van der Waals surface area (Å²) < 4.78 is 10.9. The van der Waals surface area contributed by atoms with Crippen LogP contribution in [-0.4, -0.2) is 33.9 Å². The van der Waals surface area contributed by atoms with Crippen LogP contribution in [0.5, 0.6) is 0 Å². The number of hydrogen-bond donors (Lipinski definition) is 0. The van der Waals surface area contributed by atoms with E-state index in [1.165, 1.54) is 16.7 Å². The van der Waals surface area contributed by atoms with E-state index in [1.54, 1.807) is 24.3 Å². The van der Waals surface area contributed by atoms with Crippen LogP contribution in [0, 0.1) is 0 Å². The lowest BCUT2D eigenvalue weighted by atomic mass is 10.2. The van der Waals surface area contributed by atoms with Crippen molar-refractivity contribution >= 4 is 34.7 Å². The molecule has 126 valence electrons. The molecule has 3 aromatic rings. The number of hydrogen-bond acceptors (Lipinski definition) is 6. The van der Waals surface area contributed by atoms with Crippen LogP contribution in [0.25, 0.3) is 11.1 Å². The minimum atomic E-state index is -0.453. The molecule has 1 saturated heterocycles. The number of esters is 1. The van der Waals surface area contributed by atoms with Crippen molar-refractivity contribution in [2.75, 3.05) is 6.73 Å². The van der Waals surface area contributed by atoms with Crippen LogP contribution in [-0.2, 0) is 9.53 Å². The van der Waals surface area contributed by atoms with E-state index >= 15 is 0 Å². The highest BCUT2D eigenvalue weighted by molar-refractivity contribution is 7.99. The molecule has 1 unspecified atom stereocenters. The van der Waals surface area contributed by atoms with Gasteiger partial charge >= 0.3 is 5.97 Å². The molecule has 4 rings (SSSR count). The van der Waals surface area contributed by atoms with E-state index < -0.39 is 5.97 Å². The van der Waals surface area contributed by atoms with Crippen molar-refractivity contribution in [3.05, 3.63) is 60.2 Å². The predicted molar refractivity (Wildman–Crippen MR) is 91.8 cm³/mol. The van der Waals surface area contributed by atoms with Crippen LogP contribution in [0.4, 0.5) is 0 Å². The van der Waals surface area contributed by atoms with E-state index in [0.29, 0.717) is 22.8 Å². The van der Waals surface area contributed by atoms with Gasteiger partial charge in [0.25, 0.3) is 5.22 Å². The molecule has 1 aromatic heterocycles. The summed E-state index contributed by atoms with van der Waals surface area (Å²) in [5.41, 5.74) is 1.94. The lowest BCUT2D eigenvalue weighted by molar-refractivity contribution is -0.146. The number of ether oxygens (including phenoxy) is 1. The summed E-state index contributed by atoms with van der Waals surface area (Å²) in [4.78, 5) is 29.7. The zero-order valence-corrected chi connectivity index (χ0v) is 13.9. The number of rotatable bonds is 5. The van der Waals surface area contributed by atoms with Crippen molar-refractivity contribution in [2.24, 2.45) is 0 Å². The molecule has 0 spiro atoms. The summed E-state index contributed by atoms with van der Waals surface area (Å²) in [6.07, 6.45) is 0.367. The molecule has 0 aliphatic carbocycles. The summed E-state index contributed by atoms with van der Waals surface area (Å²) in [6.45, 7) is -0.0789. The number of carbonyl (C=O) groups is 2. The standard InChI is InChI=1S/C18H14N2O4S/c21-15-10-16(25-18-19-13-8-4-5-9-14(13)24-18)20(15)11-23-17(22)12-6-2-1-3-7-12/h1-9,16H,10-11H2. The maximum absolute atomic E-state index is 12.0. The van der Waals surface area contributed by atoms with Crippen LogP contribution >= 0.6 is 11.8 Å². The molecule has 25 heavy (non-hydrogen) atoms. The molecule has 6 nitrogen and oxygen atoms in total. The number of oxazole rings is 1. The zero-order chi connectivity index (χ0) is 17.2. The average molecular weight is 354 g/mol. The first-order valence-corrected chi connectivity index (χ1v) is 8.62. The number of amides is 1. The second-order valence-corrected chi connectivity index (χ2v) is 6.64. The molecule has 1 fully saturated rings. The zero-order valence-electron chi connectivity index (χ0n) is 13.1. The Morgan fingerprint density at radius 2 is 1.96 bits per heavy atom. The summed E-state index contributed by atoms with van der Waals surface area (Å²) in [7, 11) is 0. The molecular weight excluding hydrogens is 340 g/mol. The van der Waals surface area contributed by atoms with Crippen molar-refractivity contribution < 1.29 is 18.7 Å². The number of para-hydroxylation sites is 2. The molecule has 0 radical (unpaired) electrons. The maximum Gasteiger partial charge on any atom is 0.339 e. The van der Waals surface area contributed by atoms with Gasteiger partial charge in [-0.2, -0.15) is 0 Å². The Kier molecular flexibility index (Phi) is 4.15. The monoisotopic (exact) mass is 354 g/mol. The smallest absolute Gasteiger partial charge is 0.339 e. The Hall–Kier alpha value is -2.80. The van der Waals surface area contributed by atoms with Gasteiger partial charge in [0.1, 0.15) is 5.52 Å². The molecular formula is C18H14N2O4S. The van der Waals surface area contributed by atoms with Crippen LogP contribution in [0.15, 0.2) is 64.2 Å². The van der Waals surface area contributed by atoms with E-state index in [0.717, 1.165) is 5.52 Å². The van der Waals surface area contributed by atoms with Crippen LogP contribution < -0.4 is 0 Å². The predicted octanol–water partition coefficient (Wildman–Crippen LogP) is 3.29. The van der Waals surface area contributed by atoms with Crippen LogP contribution in [0.2, 0.25) is 0 Å². The molecule has 0 bridgehead atoms. The highest BCUT2D eigenvalue weighted by Crippen LogP contribution is 2.35. The van der Waals surface area contributed by atoms with Crippen molar-refractivity contribution in [1.82, 2.24) is 9.88 Å². The van der Waals surface area contributed by atoms with E-state index in [9.17, 15) is 9.59 Å². The number of nitrogens with zero attached hydrogens (tertiary/aromatic N) is 2. The van der Waals surface area contributed by atoms with Gasteiger partial charge in [-0.3, -0.25) is 9.69 Å². The number of carbonyl (C=O) groups excluding carboxylic acids is 2.